The molecular weight excluding hydrogens is 248 g/mol. The minimum Gasteiger partial charge on any atom is -0.497 e. The second-order valence-electron chi connectivity index (χ2n) is 2.62. The second kappa shape index (κ2) is 5.00. The number of hydrogen-bond acceptors (Lipinski definition) is 3. The molecule has 0 heterocycles. The molecule has 0 aliphatic carbocycles. The molecule has 0 saturated heterocycles. The van der Waals surface area contributed by atoms with Crippen LogP contribution in [0.5, 0.6) is 11.5 Å². The van der Waals surface area contributed by atoms with Gasteiger partial charge in [-0.2, -0.15) is 0 Å². The highest BCUT2D eigenvalue weighted by Gasteiger charge is 2.07. The van der Waals surface area contributed by atoms with Crippen molar-refractivity contribution in [3.05, 3.63) is 22.7 Å². The quantitative estimate of drug-likeness (QED) is 0.618. The fourth-order valence-corrected chi connectivity index (χ4v) is 1.21. The number of carbonyl (C=O) groups excluding carboxylic acids is 1. The van der Waals surface area contributed by atoms with Crippen LogP contribution in [-0.4, -0.2) is 13.1 Å². The van der Waals surface area contributed by atoms with Crippen LogP contribution >= 0.6 is 15.9 Å². The Bertz CT molecular complexity index is 336. The first-order valence-corrected chi connectivity index (χ1v) is 5.01. The summed E-state index contributed by atoms with van der Waals surface area (Å²) in [6.45, 7) is 1.75. The van der Waals surface area contributed by atoms with Crippen molar-refractivity contribution in [2.45, 2.75) is 13.3 Å². The first-order chi connectivity index (χ1) is 6.67. The zero-order valence-corrected chi connectivity index (χ0v) is 9.63. The molecule has 0 saturated carbocycles. The van der Waals surface area contributed by atoms with Crippen LogP contribution in [0.25, 0.3) is 0 Å². The average Bonchev–Trinajstić information content (AvgIpc) is 2.21. The third-order valence-electron chi connectivity index (χ3n) is 1.65. The molecule has 1 aromatic carbocycles. The van der Waals surface area contributed by atoms with E-state index in [9.17, 15) is 4.79 Å². The summed E-state index contributed by atoms with van der Waals surface area (Å²) in [5, 5.41) is 0. The standard InChI is InChI=1S/C10H11BrO3/c1-3-10(12)14-9-6-7(13-2)4-5-8(9)11/h4-6H,3H2,1-2H3. The van der Waals surface area contributed by atoms with Gasteiger partial charge in [-0.15, -0.1) is 0 Å². The lowest BCUT2D eigenvalue weighted by molar-refractivity contribution is -0.134. The minimum absolute atomic E-state index is 0.265. The summed E-state index contributed by atoms with van der Waals surface area (Å²) >= 11 is 3.28. The molecule has 1 aromatic rings. The molecule has 76 valence electrons. The number of halogens is 1. The lowest BCUT2D eigenvalue weighted by Gasteiger charge is -2.06. The van der Waals surface area contributed by atoms with E-state index in [1.807, 2.05) is 0 Å². The van der Waals surface area contributed by atoms with Crippen molar-refractivity contribution in [3.63, 3.8) is 0 Å². The molecule has 4 heteroatoms. The molecule has 0 bridgehead atoms. The van der Waals surface area contributed by atoms with Crippen molar-refractivity contribution in [3.8, 4) is 11.5 Å². The van der Waals surface area contributed by atoms with Gasteiger partial charge >= 0.3 is 5.97 Å². The largest absolute Gasteiger partial charge is 0.497 e. The van der Waals surface area contributed by atoms with E-state index in [1.165, 1.54) is 0 Å². The maximum absolute atomic E-state index is 11.0. The number of carbonyl (C=O) groups is 1. The topological polar surface area (TPSA) is 35.5 Å². The van der Waals surface area contributed by atoms with Crippen LogP contribution in [0, 0.1) is 0 Å². The van der Waals surface area contributed by atoms with Crippen molar-refractivity contribution in [2.75, 3.05) is 7.11 Å². The highest BCUT2D eigenvalue weighted by Crippen LogP contribution is 2.29. The summed E-state index contributed by atoms with van der Waals surface area (Å²) in [4.78, 5) is 11.0. The predicted molar refractivity (Wildman–Crippen MR) is 56.6 cm³/mol. The van der Waals surface area contributed by atoms with Gasteiger partial charge in [-0.1, -0.05) is 6.92 Å². The van der Waals surface area contributed by atoms with Crippen LogP contribution < -0.4 is 9.47 Å². The highest BCUT2D eigenvalue weighted by molar-refractivity contribution is 9.10. The summed E-state index contributed by atoms with van der Waals surface area (Å²) in [6.07, 6.45) is 0.351. The van der Waals surface area contributed by atoms with Gasteiger partial charge < -0.3 is 9.47 Å². The maximum atomic E-state index is 11.0. The van der Waals surface area contributed by atoms with E-state index < -0.39 is 0 Å². The van der Waals surface area contributed by atoms with E-state index in [1.54, 1.807) is 32.2 Å². The molecule has 14 heavy (non-hydrogen) atoms. The zero-order valence-electron chi connectivity index (χ0n) is 8.04. The molecule has 0 spiro atoms. The van der Waals surface area contributed by atoms with Gasteiger partial charge in [0.2, 0.25) is 0 Å². The van der Waals surface area contributed by atoms with E-state index in [0.29, 0.717) is 17.9 Å². The number of hydrogen-bond donors (Lipinski definition) is 0. The monoisotopic (exact) mass is 258 g/mol. The average molecular weight is 259 g/mol. The summed E-state index contributed by atoms with van der Waals surface area (Å²) in [6, 6.07) is 5.22. The molecule has 0 aliphatic heterocycles. The fraction of sp³-hybridized carbons (Fsp3) is 0.300. The van der Waals surface area contributed by atoms with Gasteiger partial charge in [0.1, 0.15) is 11.5 Å². The molecule has 0 aliphatic rings. The Kier molecular flexibility index (Phi) is 3.95. The summed E-state index contributed by atoms with van der Waals surface area (Å²) in [5.41, 5.74) is 0. The van der Waals surface area contributed by atoms with Gasteiger partial charge in [-0.05, 0) is 28.1 Å². The molecule has 0 atom stereocenters. The molecule has 0 unspecified atom stereocenters. The van der Waals surface area contributed by atoms with Crippen molar-refractivity contribution >= 4 is 21.9 Å². The lowest BCUT2D eigenvalue weighted by Crippen LogP contribution is -2.05. The number of methoxy groups -OCH3 is 1. The SMILES string of the molecule is CCC(=O)Oc1cc(OC)ccc1Br. The van der Waals surface area contributed by atoms with Gasteiger partial charge in [0, 0.05) is 12.5 Å². The molecule has 1 rings (SSSR count). The predicted octanol–water partition coefficient (Wildman–Crippen LogP) is 2.77. The minimum atomic E-state index is -0.265. The molecule has 0 N–H and O–H groups in total. The van der Waals surface area contributed by atoms with Crippen LogP contribution in [0.2, 0.25) is 0 Å². The Morgan fingerprint density at radius 1 is 1.50 bits per heavy atom. The van der Waals surface area contributed by atoms with E-state index in [4.69, 9.17) is 9.47 Å². The Hall–Kier alpha value is -1.03. The first-order valence-electron chi connectivity index (χ1n) is 4.21. The van der Waals surface area contributed by atoms with Gasteiger partial charge in [0.25, 0.3) is 0 Å². The Labute approximate surface area is 91.1 Å². The first kappa shape index (κ1) is 11.0. The van der Waals surface area contributed by atoms with Crippen LogP contribution in [0.1, 0.15) is 13.3 Å². The third kappa shape index (κ3) is 2.73. The summed E-state index contributed by atoms with van der Waals surface area (Å²) in [7, 11) is 1.56. The molecule has 0 aromatic heterocycles. The van der Waals surface area contributed by atoms with E-state index in [0.717, 1.165) is 4.47 Å². The van der Waals surface area contributed by atoms with Gasteiger partial charge in [0.05, 0.1) is 11.6 Å². The van der Waals surface area contributed by atoms with E-state index >= 15 is 0 Å². The Morgan fingerprint density at radius 3 is 2.79 bits per heavy atom. The maximum Gasteiger partial charge on any atom is 0.310 e. The lowest BCUT2D eigenvalue weighted by atomic mass is 10.3. The van der Waals surface area contributed by atoms with Crippen molar-refractivity contribution in [2.24, 2.45) is 0 Å². The normalized spacial score (nSPS) is 9.64. The van der Waals surface area contributed by atoms with E-state index in [-0.39, 0.29) is 5.97 Å². The second-order valence-corrected chi connectivity index (χ2v) is 3.48. The van der Waals surface area contributed by atoms with Gasteiger partial charge in [-0.25, -0.2) is 0 Å². The van der Waals surface area contributed by atoms with Crippen molar-refractivity contribution in [1.82, 2.24) is 0 Å². The summed E-state index contributed by atoms with van der Waals surface area (Å²) < 4.78 is 10.8. The number of esters is 1. The highest BCUT2D eigenvalue weighted by atomic mass is 79.9. The Balaban J connectivity index is 2.89. The van der Waals surface area contributed by atoms with Crippen LogP contribution in [-0.2, 0) is 4.79 Å². The van der Waals surface area contributed by atoms with Crippen LogP contribution in [0.15, 0.2) is 22.7 Å². The molecule has 3 nitrogen and oxygen atoms in total. The molecular formula is C10H11BrO3. The number of benzene rings is 1. The molecule has 0 radical (unpaired) electrons. The summed E-state index contributed by atoms with van der Waals surface area (Å²) in [5.74, 6) is 0.877. The molecule has 0 amide bonds. The van der Waals surface area contributed by atoms with Gasteiger partial charge in [-0.3, -0.25) is 4.79 Å². The number of rotatable bonds is 3. The molecule has 0 fully saturated rings. The zero-order chi connectivity index (χ0) is 10.6. The Morgan fingerprint density at radius 2 is 2.21 bits per heavy atom. The van der Waals surface area contributed by atoms with Gasteiger partial charge in [0.15, 0.2) is 0 Å². The third-order valence-corrected chi connectivity index (χ3v) is 2.31. The fourth-order valence-electron chi connectivity index (χ4n) is 0.884. The number of ether oxygens (including phenoxy) is 2. The smallest absolute Gasteiger partial charge is 0.310 e. The van der Waals surface area contributed by atoms with Crippen molar-refractivity contribution in [1.29, 1.82) is 0 Å². The van der Waals surface area contributed by atoms with Crippen molar-refractivity contribution < 1.29 is 14.3 Å². The van der Waals surface area contributed by atoms with Crippen LogP contribution in [0.4, 0.5) is 0 Å². The van der Waals surface area contributed by atoms with E-state index in [2.05, 4.69) is 15.9 Å². The van der Waals surface area contributed by atoms with Crippen LogP contribution in [0.3, 0.4) is 0 Å².